The molecule has 0 bridgehead atoms. The Kier molecular flexibility index (Phi) is 3.36. The van der Waals surface area contributed by atoms with Crippen LogP contribution in [0.5, 0.6) is 0 Å². The van der Waals surface area contributed by atoms with Gasteiger partial charge in [-0.3, -0.25) is 4.79 Å². The highest BCUT2D eigenvalue weighted by molar-refractivity contribution is 6.06. The summed E-state index contributed by atoms with van der Waals surface area (Å²) in [5.74, 6) is 0.0216. The molecule has 1 aromatic heterocycles. The van der Waals surface area contributed by atoms with Gasteiger partial charge in [0, 0.05) is 11.1 Å². The maximum Gasteiger partial charge on any atom is 0.334 e. The lowest BCUT2D eigenvalue weighted by molar-refractivity contribution is -0.161. The Bertz CT molecular complexity index is 803. The molecule has 1 aliphatic heterocycles. The number of esters is 1. The molecule has 2 heterocycles. The van der Waals surface area contributed by atoms with E-state index < -0.39 is 17.1 Å². The van der Waals surface area contributed by atoms with Gasteiger partial charge in [0.2, 0.25) is 5.78 Å². The van der Waals surface area contributed by atoms with E-state index in [1.807, 2.05) is 20.8 Å². The van der Waals surface area contributed by atoms with E-state index in [-0.39, 0.29) is 23.8 Å². The minimum Gasteiger partial charge on any atom is -0.460 e. The van der Waals surface area contributed by atoms with Gasteiger partial charge < -0.3 is 13.9 Å². The lowest BCUT2D eigenvalue weighted by Crippen LogP contribution is -2.57. The van der Waals surface area contributed by atoms with E-state index in [4.69, 9.17) is 13.9 Å². The summed E-state index contributed by atoms with van der Waals surface area (Å²) in [4.78, 5) is 25.8. The lowest BCUT2D eigenvalue weighted by atomic mass is 9.53. The summed E-state index contributed by atoms with van der Waals surface area (Å²) in [5, 5.41) is 0. The first-order valence-electron chi connectivity index (χ1n) is 8.93. The zero-order chi connectivity index (χ0) is 18.1. The van der Waals surface area contributed by atoms with Gasteiger partial charge in [-0.25, -0.2) is 4.79 Å². The van der Waals surface area contributed by atoms with Crippen LogP contribution in [0.1, 0.15) is 68.3 Å². The molecule has 0 amide bonds. The number of allylic oxidation sites excluding steroid dienone is 1. The van der Waals surface area contributed by atoms with Crippen LogP contribution < -0.4 is 0 Å². The third kappa shape index (κ3) is 1.82. The lowest BCUT2D eigenvalue weighted by Gasteiger charge is -2.49. The van der Waals surface area contributed by atoms with Gasteiger partial charge in [-0.1, -0.05) is 19.9 Å². The molecule has 134 valence electrons. The molecule has 1 saturated carbocycles. The number of aryl methyl sites for hydroxylation is 1. The first-order valence-corrected chi connectivity index (χ1v) is 8.93. The summed E-state index contributed by atoms with van der Waals surface area (Å²) in [5.41, 5.74) is 0.576. The van der Waals surface area contributed by atoms with Crippen LogP contribution in [0, 0.1) is 18.3 Å². The van der Waals surface area contributed by atoms with Gasteiger partial charge in [-0.15, -0.1) is 0 Å². The first kappa shape index (κ1) is 16.6. The summed E-state index contributed by atoms with van der Waals surface area (Å²) in [6, 6.07) is 0. The van der Waals surface area contributed by atoms with Gasteiger partial charge in [0.25, 0.3) is 0 Å². The van der Waals surface area contributed by atoms with Crippen LogP contribution in [0.4, 0.5) is 0 Å². The van der Waals surface area contributed by atoms with Gasteiger partial charge in [0.05, 0.1) is 17.8 Å². The Morgan fingerprint density at radius 1 is 1.40 bits per heavy atom. The maximum absolute atomic E-state index is 13.2. The third-order valence-electron chi connectivity index (χ3n) is 6.76. The zero-order valence-electron chi connectivity index (χ0n) is 15.3. The summed E-state index contributed by atoms with van der Waals surface area (Å²) in [6.45, 7) is 9.59. The smallest absolute Gasteiger partial charge is 0.334 e. The number of Topliss-reactive ketones (excluding diaryl/α,β-unsaturated/α-hetero) is 1. The number of epoxide rings is 1. The number of ether oxygens (including phenoxy) is 2. The number of fused-ring (bicyclic) bond motifs is 1. The van der Waals surface area contributed by atoms with Gasteiger partial charge in [0.1, 0.15) is 6.10 Å². The number of furan rings is 1. The molecular formula is C20H24O5. The highest BCUT2D eigenvalue weighted by atomic mass is 16.6. The van der Waals surface area contributed by atoms with Crippen LogP contribution in [0.25, 0.3) is 0 Å². The molecule has 0 N–H and O–H groups in total. The number of hydrogen-bond acceptors (Lipinski definition) is 5. The molecule has 2 fully saturated rings. The van der Waals surface area contributed by atoms with Crippen molar-refractivity contribution in [1.29, 1.82) is 0 Å². The minimum absolute atomic E-state index is 0.0929. The van der Waals surface area contributed by atoms with Crippen molar-refractivity contribution in [3.63, 3.8) is 0 Å². The molecule has 4 rings (SSSR count). The molecule has 3 aliphatic rings. The number of carbonyl (C=O) groups excluding carboxylic acids is 2. The number of ketones is 1. The molecular weight excluding hydrogens is 320 g/mol. The van der Waals surface area contributed by atoms with E-state index in [0.29, 0.717) is 16.9 Å². The second kappa shape index (κ2) is 5.07. The topological polar surface area (TPSA) is 69.0 Å². The SMILES string of the molecule is CC=C(C)C(=O)OC1c2c(C)coc2C(=O)C23OC2CCC(C)C13C. The monoisotopic (exact) mass is 344 g/mol. The fourth-order valence-electron chi connectivity index (χ4n) is 4.81. The summed E-state index contributed by atoms with van der Waals surface area (Å²) in [6.07, 6.45) is 4.44. The average molecular weight is 344 g/mol. The third-order valence-corrected chi connectivity index (χ3v) is 6.76. The van der Waals surface area contributed by atoms with Gasteiger partial charge >= 0.3 is 5.97 Å². The van der Waals surface area contributed by atoms with Crippen LogP contribution in [-0.4, -0.2) is 23.5 Å². The molecule has 5 atom stereocenters. The molecule has 1 spiro atoms. The number of rotatable bonds is 2. The van der Waals surface area contributed by atoms with Crippen LogP contribution in [-0.2, 0) is 14.3 Å². The van der Waals surface area contributed by atoms with Gasteiger partial charge in [0.15, 0.2) is 11.4 Å². The molecule has 5 unspecified atom stereocenters. The van der Waals surface area contributed by atoms with Crippen molar-refractivity contribution in [2.24, 2.45) is 11.3 Å². The summed E-state index contributed by atoms with van der Waals surface area (Å²) in [7, 11) is 0. The van der Waals surface area contributed by atoms with Crippen LogP contribution in [0.15, 0.2) is 22.3 Å². The zero-order valence-corrected chi connectivity index (χ0v) is 15.3. The molecule has 2 aliphatic carbocycles. The number of carbonyl (C=O) groups is 2. The molecule has 0 aromatic carbocycles. The second-order valence-corrected chi connectivity index (χ2v) is 7.85. The van der Waals surface area contributed by atoms with Crippen molar-refractivity contribution in [1.82, 2.24) is 0 Å². The van der Waals surface area contributed by atoms with Crippen molar-refractivity contribution in [2.45, 2.75) is 65.3 Å². The van der Waals surface area contributed by atoms with E-state index in [1.54, 1.807) is 19.3 Å². The fourth-order valence-corrected chi connectivity index (χ4v) is 4.81. The summed E-state index contributed by atoms with van der Waals surface area (Å²) < 4.78 is 17.6. The van der Waals surface area contributed by atoms with E-state index in [0.717, 1.165) is 18.4 Å². The van der Waals surface area contributed by atoms with E-state index in [9.17, 15) is 9.59 Å². The highest BCUT2D eigenvalue weighted by Gasteiger charge is 2.80. The Hall–Kier alpha value is -1.88. The van der Waals surface area contributed by atoms with E-state index >= 15 is 0 Å². The van der Waals surface area contributed by atoms with Crippen molar-refractivity contribution >= 4 is 11.8 Å². The van der Waals surface area contributed by atoms with Crippen molar-refractivity contribution in [3.8, 4) is 0 Å². The molecule has 1 aromatic rings. The molecule has 5 nitrogen and oxygen atoms in total. The van der Waals surface area contributed by atoms with Gasteiger partial charge in [-0.05, 0) is 45.1 Å². The van der Waals surface area contributed by atoms with Gasteiger partial charge in [-0.2, -0.15) is 0 Å². The first-order chi connectivity index (χ1) is 11.8. The predicted octanol–water partition coefficient (Wildman–Crippen LogP) is 3.91. The van der Waals surface area contributed by atoms with E-state index in [1.165, 1.54) is 0 Å². The van der Waals surface area contributed by atoms with Crippen molar-refractivity contribution in [2.75, 3.05) is 0 Å². The average Bonchev–Trinajstić information content (AvgIpc) is 3.23. The largest absolute Gasteiger partial charge is 0.460 e. The fraction of sp³-hybridized carbons (Fsp3) is 0.600. The predicted molar refractivity (Wildman–Crippen MR) is 90.1 cm³/mol. The van der Waals surface area contributed by atoms with Crippen LogP contribution >= 0.6 is 0 Å². The summed E-state index contributed by atoms with van der Waals surface area (Å²) >= 11 is 0. The maximum atomic E-state index is 13.2. The highest BCUT2D eigenvalue weighted by Crippen LogP contribution is 2.69. The van der Waals surface area contributed by atoms with E-state index in [2.05, 4.69) is 6.92 Å². The Morgan fingerprint density at radius 3 is 2.80 bits per heavy atom. The van der Waals surface area contributed by atoms with Crippen LogP contribution in [0.2, 0.25) is 0 Å². The Morgan fingerprint density at radius 2 is 2.12 bits per heavy atom. The minimum atomic E-state index is -0.920. The molecule has 5 heteroatoms. The normalized spacial score (nSPS) is 39.3. The Labute approximate surface area is 147 Å². The quantitative estimate of drug-likeness (QED) is 0.462. The molecule has 1 saturated heterocycles. The van der Waals surface area contributed by atoms with Crippen molar-refractivity contribution in [3.05, 3.63) is 34.8 Å². The number of hydrogen-bond donors (Lipinski definition) is 0. The standard InChI is InChI=1S/C20H24O5/c1-6-10(2)18(22)24-17-14-11(3)9-23-15(14)16(21)20-13(25-20)8-7-12(4)19(17,20)5/h6,9,12-13,17H,7-8H2,1-5H3. The molecule has 0 radical (unpaired) electrons. The molecule has 25 heavy (non-hydrogen) atoms. The second-order valence-electron chi connectivity index (χ2n) is 7.85. The Balaban J connectivity index is 1.90. The van der Waals surface area contributed by atoms with Crippen LogP contribution in [0.3, 0.4) is 0 Å². The van der Waals surface area contributed by atoms with Crippen molar-refractivity contribution < 1.29 is 23.5 Å².